The van der Waals surface area contributed by atoms with Gasteiger partial charge in [-0.1, -0.05) is 0 Å². The molecule has 0 saturated carbocycles. The van der Waals surface area contributed by atoms with Crippen LogP contribution in [0.2, 0.25) is 0 Å². The molecule has 1 atom stereocenters. The summed E-state index contributed by atoms with van der Waals surface area (Å²) >= 11 is 0. The van der Waals surface area contributed by atoms with Crippen LogP contribution in [0.5, 0.6) is 0 Å². The van der Waals surface area contributed by atoms with E-state index in [1.54, 1.807) is 6.07 Å². The second kappa shape index (κ2) is 4.90. The minimum absolute atomic E-state index is 0.000700. The molecule has 6 nitrogen and oxygen atoms in total. The highest BCUT2D eigenvalue weighted by atomic mass is 32.2. The fourth-order valence-electron chi connectivity index (χ4n) is 1.97. The number of pyridine rings is 1. The zero-order chi connectivity index (χ0) is 14.1. The van der Waals surface area contributed by atoms with Gasteiger partial charge in [-0.05, 0) is 32.0 Å². The predicted molar refractivity (Wildman–Crippen MR) is 71.6 cm³/mol. The first kappa shape index (κ1) is 14.0. The second-order valence-electron chi connectivity index (χ2n) is 5.10. The van der Waals surface area contributed by atoms with Gasteiger partial charge in [0.1, 0.15) is 0 Å². The van der Waals surface area contributed by atoms with E-state index in [1.165, 1.54) is 12.3 Å². The Bertz CT molecular complexity index is 575. The van der Waals surface area contributed by atoms with Crippen LogP contribution in [0.4, 0.5) is 5.69 Å². The Morgan fingerprint density at radius 3 is 2.68 bits per heavy atom. The highest BCUT2D eigenvalue weighted by Gasteiger charge is 2.36. The molecule has 2 heterocycles. The zero-order valence-electron chi connectivity index (χ0n) is 10.9. The van der Waals surface area contributed by atoms with Gasteiger partial charge in [0.15, 0.2) is 14.9 Å². The van der Waals surface area contributed by atoms with Crippen molar-refractivity contribution in [3.63, 3.8) is 0 Å². The van der Waals surface area contributed by atoms with E-state index >= 15 is 0 Å². The summed E-state index contributed by atoms with van der Waals surface area (Å²) in [6.45, 7) is 3.38. The first-order chi connectivity index (χ1) is 8.81. The standard InChI is InChI=1S/C12H17N3O3S/c1-12(5-6-13-8-12)11(16)15-9-3-4-10(14-7-9)19(2,17)18/h3-4,7,13H,5-6,8H2,1-2H3,(H,15,16). The lowest BCUT2D eigenvalue weighted by molar-refractivity contribution is -0.123. The van der Waals surface area contributed by atoms with E-state index in [-0.39, 0.29) is 10.9 Å². The smallest absolute Gasteiger partial charge is 0.231 e. The zero-order valence-corrected chi connectivity index (χ0v) is 11.8. The van der Waals surface area contributed by atoms with E-state index in [0.29, 0.717) is 12.2 Å². The number of hydrogen-bond donors (Lipinski definition) is 2. The van der Waals surface area contributed by atoms with Gasteiger partial charge in [0.05, 0.1) is 17.3 Å². The molecule has 2 rings (SSSR count). The van der Waals surface area contributed by atoms with E-state index in [9.17, 15) is 13.2 Å². The molecule has 1 amide bonds. The number of anilines is 1. The molecule has 0 spiro atoms. The van der Waals surface area contributed by atoms with E-state index < -0.39 is 15.3 Å². The van der Waals surface area contributed by atoms with Crippen molar-refractivity contribution >= 4 is 21.4 Å². The number of carbonyl (C=O) groups is 1. The predicted octanol–water partition coefficient (Wildman–Crippen LogP) is 0.423. The molecule has 19 heavy (non-hydrogen) atoms. The van der Waals surface area contributed by atoms with Crippen LogP contribution in [0, 0.1) is 5.41 Å². The number of nitrogens with one attached hydrogen (secondary N) is 2. The summed E-state index contributed by atoms with van der Waals surface area (Å²) < 4.78 is 22.5. The van der Waals surface area contributed by atoms with Crippen LogP contribution in [-0.2, 0) is 14.6 Å². The van der Waals surface area contributed by atoms with Crippen LogP contribution in [0.15, 0.2) is 23.4 Å². The Balaban J connectivity index is 2.10. The largest absolute Gasteiger partial charge is 0.324 e. The molecule has 1 unspecified atom stereocenters. The molecular formula is C12H17N3O3S. The highest BCUT2D eigenvalue weighted by Crippen LogP contribution is 2.26. The van der Waals surface area contributed by atoms with Crippen molar-refractivity contribution in [3.8, 4) is 0 Å². The summed E-state index contributed by atoms with van der Waals surface area (Å²) in [5.74, 6) is -0.0774. The summed E-state index contributed by atoms with van der Waals surface area (Å²) in [5, 5.41) is 5.92. The second-order valence-corrected chi connectivity index (χ2v) is 7.06. The van der Waals surface area contributed by atoms with Crippen molar-refractivity contribution in [3.05, 3.63) is 18.3 Å². The summed E-state index contributed by atoms with van der Waals surface area (Å²) in [6.07, 6.45) is 3.24. The van der Waals surface area contributed by atoms with Gasteiger partial charge in [0.25, 0.3) is 0 Å². The van der Waals surface area contributed by atoms with Crippen molar-refractivity contribution in [1.29, 1.82) is 0 Å². The maximum atomic E-state index is 12.1. The van der Waals surface area contributed by atoms with Gasteiger partial charge in [0.2, 0.25) is 5.91 Å². The molecule has 1 aliphatic rings. The fraction of sp³-hybridized carbons (Fsp3) is 0.500. The molecule has 0 radical (unpaired) electrons. The number of amides is 1. The van der Waals surface area contributed by atoms with Crippen LogP contribution < -0.4 is 10.6 Å². The van der Waals surface area contributed by atoms with Crippen molar-refractivity contribution in [1.82, 2.24) is 10.3 Å². The molecule has 1 saturated heterocycles. The lowest BCUT2D eigenvalue weighted by Crippen LogP contribution is -2.35. The maximum absolute atomic E-state index is 12.1. The van der Waals surface area contributed by atoms with Crippen molar-refractivity contribution in [2.24, 2.45) is 5.41 Å². The van der Waals surface area contributed by atoms with Crippen LogP contribution >= 0.6 is 0 Å². The molecule has 1 fully saturated rings. The number of nitrogens with zero attached hydrogens (tertiary/aromatic N) is 1. The lowest BCUT2D eigenvalue weighted by Gasteiger charge is -2.21. The first-order valence-corrected chi connectivity index (χ1v) is 7.89. The third-order valence-corrected chi connectivity index (χ3v) is 4.29. The maximum Gasteiger partial charge on any atom is 0.231 e. The lowest BCUT2D eigenvalue weighted by atomic mass is 9.89. The van der Waals surface area contributed by atoms with Crippen molar-refractivity contribution in [2.75, 3.05) is 24.7 Å². The minimum atomic E-state index is -3.31. The average Bonchev–Trinajstić information content (AvgIpc) is 2.77. The van der Waals surface area contributed by atoms with Gasteiger partial charge in [-0.3, -0.25) is 4.79 Å². The monoisotopic (exact) mass is 283 g/mol. The average molecular weight is 283 g/mol. The van der Waals surface area contributed by atoms with Crippen LogP contribution in [-0.4, -0.2) is 38.7 Å². The summed E-state index contributed by atoms with van der Waals surface area (Å²) in [5.41, 5.74) is 0.0840. The van der Waals surface area contributed by atoms with Gasteiger partial charge in [-0.2, -0.15) is 0 Å². The third kappa shape index (κ3) is 3.10. The van der Waals surface area contributed by atoms with E-state index in [1.807, 2.05) is 6.92 Å². The summed E-state index contributed by atoms with van der Waals surface area (Å²) in [4.78, 5) is 16.0. The molecule has 104 valence electrons. The first-order valence-electron chi connectivity index (χ1n) is 6.00. The Labute approximate surface area is 112 Å². The van der Waals surface area contributed by atoms with E-state index in [2.05, 4.69) is 15.6 Å². The number of rotatable bonds is 3. The van der Waals surface area contributed by atoms with Crippen LogP contribution in [0.3, 0.4) is 0 Å². The van der Waals surface area contributed by atoms with Crippen molar-refractivity contribution in [2.45, 2.75) is 18.4 Å². The molecule has 1 aromatic heterocycles. The van der Waals surface area contributed by atoms with Gasteiger partial charge >= 0.3 is 0 Å². The Morgan fingerprint density at radius 2 is 2.21 bits per heavy atom. The fourth-order valence-corrected chi connectivity index (χ4v) is 2.53. The molecule has 0 bridgehead atoms. The highest BCUT2D eigenvalue weighted by molar-refractivity contribution is 7.90. The van der Waals surface area contributed by atoms with Crippen molar-refractivity contribution < 1.29 is 13.2 Å². The SMILES string of the molecule is CC1(C(=O)Nc2ccc(S(C)(=O)=O)nc2)CCNC1. The number of sulfone groups is 1. The quantitative estimate of drug-likeness (QED) is 0.839. The molecule has 2 N–H and O–H groups in total. The van der Waals surface area contributed by atoms with Gasteiger partial charge in [-0.25, -0.2) is 13.4 Å². The number of carbonyl (C=O) groups excluding carboxylic acids is 1. The van der Waals surface area contributed by atoms with Gasteiger partial charge < -0.3 is 10.6 Å². The summed E-state index contributed by atoms with van der Waals surface area (Å²) in [7, 11) is -3.31. The summed E-state index contributed by atoms with van der Waals surface area (Å²) in [6, 6.07) is 2.94. The molecular weight excluding hydrogens is 266 g/mol. The molecule has 0 aromatic carbocycles. The molecule has 0 aliphatic carbocycles. The van der Waals surface area contributed by atoms with Gasteiger partial charge in [0, 0.05) is 12.8 Å². The van der Waals surface area contributed by atoms with Gasteiger partial charge in [-0.15, -0.1) is 0 Å². The Morgan fingerprint density at radius 1 is 1.47 bits per heavy atom. The topological polar surface area (TPSA) is 88.2 Å². The van der Waals surface area contributed by atoms with Crippen LogP contribution in [0.25, 0.3) is 0 Å². The van der Waals surface area contributed by atoms with E-state index in [0.717, 1.165) is 19.2 Å². The minimum Gasteiger partial charge on any atom is -0.324 e. The number of hydrogen-bond acceptors (Lipinski definition) is 5. The molecule has 1 aliphatic heterocycles. The van der Waals surface area contributed by atoms with Crippen LogP contribution in [0.1, 0.15) is 13.3 Å². The van der Waals surface area contributed by atoms with E-state index in [4.69, 9.17) is 0 Å². The molecule has 7 heteroatoms. The normalized spacial score (nSPS) is 23.3. The third-order valence-electron chi connectivity index (χ3n) is 3.29. The Kier molecular flexibility index (Phi) is 3.60. The number of aromatic nitrogens is 1. The Hall–Kier alpha value is -1.47. The molecule has 1 aromatic rings.